The fourth-order valence-electron chi connectivity index (χ4n) is 3.76. The average molecular weight is 476 g/mol. The van der Waals surface area contributed by atoms with Crippen molar-refractivity contribution >= 4 is 40.8 Å². The number of pyridine rings is 1. The number of carbonyl (C=O) groups excluding carboxylic acids is 1. The molecule has 0 aliphatic carbocycles. The lowest BCUT2D eigenvalue weighted by Crippen LogP contribution is -2.46. The van der Waals surface area contributed by atoms with Crippen LogP contribution >= 0.6 is 12.2 Å². The molecule has 0 aromatic carbocycles. The van der Waals surface area contributed by atoms with Crippen molar-refractivity contribution in [3.63, 3.8) is 0 Å². The lowest BCUT2D eigenvalue weighted by molar-refractivity contribution is -0.402. The second-order valence-electron chi connectivity index (χ2n) is 7.71. The number of aromatic nitrogens is 1. The van der Waals surface area contributed by atoms with E-state index >= 15 is 0 Å². The van der Waals surface area contributed by atoms with Gasteiger partial charge in [-0.05, 0) is 30.4 Å². The van der Waals surface area contributed by atoms with Gasteiger partial charge in [0, 0.05) is 33.2 Å². The number of thiocarbonyl (C=S) groups is 1. The van der Waals surface area contributed by atoms with E-state index in [2.05, 4.69) is 25.4 Å². The smallest absolute Gasteiger partial charge is 0.433 e. The zero-order chi connectivity index (χ0) is 23.4. The number of cyclic esters (lactones) is 1. The van der Waals surface area contributed by atoms with Gasteiger partial charge in [0.15, 0.2) is 5.11 Å². The molecule has 1 amide bonds. The summed E-state index contributed by atoms with van der Waals surface area (Å²) in [5.41, 5.74) is 0.681. The Balaban J connectivity index is 1.28. The van der Waals surface area contributed by atoms with Crippen LogP contribution in [0.1, 0.15) is 5.76 Å². The molecule has 4 heterocycles. The minimum atomic E-state index is -0.533. The minimum absolute atomic E-state index is 0.237. The molecule has 2 fully saturated rings. The third-order valence-corrected chi connectivity index (χ3v) is 5.89. The Labute approximate surface area is 195 Å². The lowest BCUT2D eigenvalue weighted by atomic mass is 10.2. The van der Waals surface area contributed by atoms with Crippen molar-refractivity contribution in [2.24, 2.45) is 0 Å². The molecule has 4 rings (SSSR count). The van der Waals surface area contributed by atoms with Crippen molar-refractivity contribution in [2.45, 2.75) is 12.6 Å². The second-order valence-corrected chi connectivity index (χ2v) is 8.12. The van der Waals surface area contributed by atoms with Crippen LogP contribution in [0.4, 0.5) is 22.2 Å². The number of anilines is 2. The Kier molecular flexibility index (Phi) is 6.89. The van der Waals surface area contributed by atoms with E-state index in [1.807, 2.05) is 12.1 Å². The maximum Gasteiger partial charge on any atom is 0.433 e. The number of hydrogen-bond acceptors (Lipinski definition) is 9. The van der Waals surface area contributed by atoms with Crippen molar-refractivity contribution in [3.8, 4) is 0 Å². The van der Waals surface area contributed by atoms with Gasteiger partial charge in [-0.3, -0.25) is 19.9 Å². The Morgan fingerprint density at radius 2 is 2.06 bits per heavy atom. The van der Waals surface area contributed by atoms with E-state index in [0.717, 1.165) is 32.0 Å². The molecule has 2 aliphatic heterocycles. The van der Waals surface area contributed by atoms with E-state index < -0.39 is 11.0 Å². The van der Waals surface area contributed by atoms with Crippen LogP contribution in [0.15, 0.2) is 34.9 Å². The fraction of sp³-hybridized carbons (Fsp3) is 0.450. The quantitative estimate of drug-likeness (QED) is 0.342. The number of amides is 1. The number of furan rings is 1. The third-order valence-electron chi connectivity index (χ3n) is 5.54. The third kappa shape index (κ3) is 5.49. The highest BCUT2D eigenvalue weighted by atomic mass is 32.1. The number of nitrogens with one attached hydrogen (secondary N) is 2. The number of ether oxygens (including phenoxy) is 1. The van der Waals surface area contributed by atoms with Gasteiger partial charge in [0.2, 0.25) is 0 Å². The Morgan fingerprint density at radius 1 is 1.27 bits per heavy atom. The van der Waals surface area contributed by atoms with Crippen molar-refractivity contribution in [3.05, 3.63) is 46.3 Å². The van der Waals surface area contributed by atoms with Gasteiger partial charge in [-0.1, -0.05) is 0 Å². The first kappa shape index (κ1) is 22.7. The highest BCUT2D eigenvalue weighted by Gasteiger charge is 2.32. The fourth-order valence-corrected chi connectivity index (χ4v) is 3.85. The SMILES string of the molecule is CNC(=S)NCC1CN(c2ccc(N3CCN(Cc4ccc([N+](=O)[O-])o4)CC3)nc2)C(=O)O1. The number of piperazine rings is 1. The van der Waals surface area contributed by atoms with E-state index in [0.29, 0.717) is 36.2 Å². The monoisotopic (exact) mass is 475 g/mol. The molecule has 0 saturated carbocycles. The van der Waals surface area contributed by atoms with Gasteiger partial charge in [-0.25, -0.2) is 9.78 Å². The number of hydrogen-bond donors (Lipinski definition) is 2. The highest BCUT2D eigenvalue weighted by molar-refractivity contribution is 7.80. The standard InChI is InChI=1S/C20H25N7O5S/c1-21-19(33)23-11-16-13-26(20(28)32-16)14-2-4-17(22-10-14)25-8-6-24(7-9-25)12-15-3-5-18(31-15)27(29)30/h2-5,10,16H,6-9,11-13H2,1H3,(H2,21,23,33). The first-order chi connectivity index (χ1) is 15.9. The molecule has 1 unspecified atom stereocenters. The van der Waals surface area contributed by atoms with Gasteiger partial charge in [0.05, 0.1) is 37.6 Å². The zero-order valence-electron chi connectivity index (χ0n) is 18.1. The molecule has 176 valence electrons. The van der Waals surface area contributed by atoms with Crippen LogP contribution in [0.5, 0.6) is 0 Å². The Bertz CT molecular complexity index is 1010. The van der Waals surface area contributed by atoms with Crippen LogP contribution in [0.25, 0.3) is 0 Å². The van der Waals surface area contributed by atoms with Gasteiger partial charge in [-0.2, -0.15) is 0 Å². The number of carbonyl (C=O) groups is 1. The molecule has 1 atom stereocenters. The summed E-state index contributed by atoms with van der Waals surface area (Å²) < 4.78 is 10.6. The summed E-state index contributed by atoms with van der Waals surface area (Å²) in [6, 6.07) is 6.79. The molecule has 0 spiro atoms. The zero-order valence-corrected chi connectivity index (χ0v) is 18.9. The van der Waals surface area contributed by atoms with Gasteiger partial charge in [-0.15, -0.1) is 0 Å². The van der Waals surface area contributed by atoms with E-state index in [1.165, 1.54) is 6.07 Å². The van der Waals surface area contributed by atoms with Crippen LogP contribution in [0, 0.1) is 10.1 Å². The molecular formula is C20H25N7O5S. The highest BCUT2D eigenvalue weighted by Crippen LogP contribution is 2.24. The van der Waals surface area contributed by atoms with Gasteiger partial charge < -0.3 is 24.7 Å². The maximum atomic E-state index is 12.2. The molecule has 2 aliphatic rings. The van der Waals surface area contributed by atoms with Gasteiger partial charge in [0.25, 0.3) is 0 Å². The molecule has 0 bridgehead atoms. The predicted molar refractivity (Wildman–Crippen MR) is 124 cm³/mol. The molecular weight excluding hydrogens is 450 g/mol. The summed E-state index contributed by atoms with van der Waals surface area (Å²) in [6.45, 7) is 4.46. The van der Waals surface area contributed by atoms with Crippen molar-refractivity contribution in [1.82, 2.24) is 20.5 Å². The summed E-state index contributed by atoms with van der Waals surface area (Å²) in [6.07, 6.45) is 0.976. The summed E-state index contributed by atoms with van der Waals surface area (Å²) >= 11 is 5.05. The number of rotatable bonds is 7. The molecule has 2 aromatic heterocycles. The first-order valence-corrected chi connectivity index (χ1v) is 10.9. The summed E-state index contributed by atoms with van der Waals surface area (Å²) in [5, 5.41) is 17.1. The molecule has 2 aromatic rings. The van der Waals surface area contributed by atoms with Crippen LogP contribution in [-0.2, 0) is 11.3 Å². The summed E-state index contributed by atoms with van der Waals surface area (Å²) in [5.74, 6) is 1.17. The minimum Gasteiger partial charge on any atom is -0.442 e. The molecule has 0 radical (unpaired) electrons. The number of nitrogens with zero attached hydrogens (tertiary/aromatic N) is 5. The van der Waals surface area contributed by atoms with E-state index in [4.69, 9.17) is 21.4 Å². The Morgan fingerprint density at radius 3 is 2.70 bits per heavy atom. The largest absolute Gasteiger partial charge is 0.442 e. The van der Waals surface area contributed by atoms with Gasteiger partial charge >= 0.3 is 12.0 Å². The van der Waals surface area contributed by atoms with Crippen molar-refractivity contribution < 1.29 is 18.9 Å². The van der Waals surface area contributed by atoms with Gasteiger partial charge in [0.1, 0.15) is 22.6 Å². The van der Waals surface area contributed by atoms with Crippen LogP contribution in [0.3, 0.4) is 0 Å². The van der Waals surface area contributed by atoms with Crippen LogP contribution in [-0.4, -0.2) is 78.4 Å². The van der Waals surface area contributed by atoms with Crippen LogP contribution in [0.2, 0.25) is 0 Å². The topological polar surface area (TPSA) is 129 Å². The van der Waals surface area contributed by atoms with Crippen molar-refractivity contribution in [1.29, 1.82) is 0 Å². The molecule has 33 heavy (non-hydrogen) atoms. The Hall–Kier alpha value is -3.45. The summed E-state index contributed by atoms with van der Waals surface area (Å²) in [7, 11) is 1.72. The molecule has 13 heteroatoms. The second kappa shape index (κ2) is 10.0. The first-order valence-electron chi connectivity index (χ1n) is 10.5. The average Bonchev–Trinajstić information content (AvgIpc) is 3.45. The molecule has 2 N–H and O–H groups in total. The van der Waals surface area contributed by atoms with Crippen molar-refractivity contribution in [2.75, 3.05) is 56.1 Å². The predicted octanol–water partition coefficient (Wildman–Crippen LogP) is 1.32. The molecule has 2 saturated heterocycles. The van der Waals surface area contributed by atoms with E-state index in [-0.39, 0.29) is 12.0 Å². The van der Waals surface area contributed by atoms with E-state index in [1.54, 1.807) is 24.2 Å². The number of nitro groups is 1. The van der Waals surface area contributed by atoms with Crippen LogP contribution < -0.4 is 20.4 Å². The maximum absolute atomic E-state index is 12.2. The summed E-state index contributed by atoms with van der Waals surface area (Å²) in [4.78, 5) is 32.9. The van der Waals surface area contributed by atoms with E-state index in [9.17, 15) is 14.9 Å². The molecule has 12 nitrogen and oxygen atoms in total. The lowest BCUT2D eigenvalue weighted by Gasteiger charge is -2.35. The normalized spacial score (nSPS) is 18.8.